The van der Waals surface area contributed by atoms with E-state index in [0.29, 0.717) is 0 Å². The van der Waals surface area contributed by atoms with Crippen molar-refractivity contribution in [1.82, 2.24) is 0 Å². The lowest BCUT2D eigenvalue weighted by Crippen LogP contribution is -3.20. The molecule has 0 aromatic heterocycles. The van der Waals surface area contributed by atoms with Crippen LogP contribution in [0, 0.1) is 5.21 Å². The molecule has 1 fully saturated rings. The van der Waals surface area contributed by atoms with Gasteiger partial charge in [0.05, 0.1) is 13.6 Å². The van der Waals surface area contributed by atoms with Crippen LogP contribution in [-0.2, 0) is 0 Å². The maximum Gasteiger partial charge on any atom is 0.166 e. The van der Waals surface area contributed by atoms with Crippen LogP contribution >= 0.6 is 0 Å². The predicted octanol–water partition coefficient (Wildman–Crippen LogP) is -2.56. The van der Waals surface area contributed by atoms with Gasteiger partial charge in [-0.05, 0) is 0 Å². The first-order chi connectivity index (χ1) is 4.70. The molecule has 0 radical (unpaired) electrons. The standard InChI is InChI=1S/C6H14N2O2/c1-7-4-2-3-6(5-7)8(9)10/h6,8-9H,2-5H2,1H3/p+1. The third-order valence-corrected chi connectivity index (χ3v) is 2.10. The first-order valence-electron chi connectivity index (χ1n) is 3.74. The molecule has 0 spiro atoms. The smallest absolute Gasteiger partial charge is 0.166 e. The minimum absolute atomic E-state index is 0.0891. The maximum absolute atomic E-state index is 10.5. The van der Waals surface area contributed by atoms with Gasteiger partial charge in [-0.1, -0.05) is 0 Å². The third-order valence-electron chi connectivity index (χ3n) is 2.10. The molecular weight excluding hydrogens is 132 g/mol. The van der Waals surface area contributed by atoms with Gasteiger partial charge in [0.1, 0.15) is 6.54 Å². The van der Waals surface area contributed by atoms with Crippen LogP contribution in [0.4, 0.5) is 0 Å². The molecule has 3 unspecified atom stereocenters. The Morgan fingerprint density at radius 1 is 1.70 bits per heavy atom. The Morgan fingerprint density at radius 2 is 2.40 bits per heavy atom. The van der Waals surface area contributed by atoms with Crippen molar-refractivity contribution in [2.75, 3.05) is 20.1 Å². The zero-order valence-corrected chi connectivity index (χ0v) is 6.26. The molecule has 0 aliphatic carbocycles. The molecule has 0 aromatic rings. The highest BCUT2D eigenvalue weighted by Gasteiger charge is 2.24. The molecule has 4 nitrogen and oxygen atoms in total. The Morgan fingerprint density at radius 3 is 2.80 bits per heavy atom. The summed E-state index contributed by atoms with van der Waals surface area (Å²) in [7, 11) is 2.05. The lowest BCUT2D eigenvalue weighted by molar-refractivity contribution is -1.08. The van der Waals surface area contributed by atoms with E-state index in [2.05, 4.69) is 7.05 Å². The van der Waals surface area contributed by atoms with E-state index < -0.39 is 5.23 Å². The molecule has 10 heavy (non-hydrogen) atoms. The van der Waals surface area contributed by atoms with Gasteiger partial charge in [0, 0.05) is 12.8 Å². The number of hydrogen-bond donors (Lipinski definition) is 3. The van der Waals surface area contributed by atoms with E-state index in [1.807, 2.05) is 0 Å². The van der Waals surface area contributed by atoms with E-state index in [1.165, 1.54) is 4.90 Å². The molecule has 1 saturated heterocycles. The zero-order valence-electron chi connectivity index (χ0n) is 6.26. The average molecular weight is 147 g/mol. The van der Waals surface area contributed by atoms with Gasteiger partial charge >= 0.3 is 0 Å². The van der Waals surface area contributed by atoms with Crippen molar-refractivity contribution in [3.05, 3.63) is 5.21 Å². The van der Waals surface area contributed by atoms with Crippen LogP contribution in [0.3, 0.4) is 0 Å². The maximum atomic E-state index is 10.5. The summed E-state index contributed by atoms with van der Waals surface area (Å²) in [5.41, 5.74) is 0. The molecule has 1 aliphatic rings. The van der Waals surface area contributed by atoms with Gasteiger partial charge in [-0.25, -0.2) is 10.4 Å². The van der Waals surface area contributed by atoms with Crippen LogP contribution in [0.15, 0.2) is 0 Å². The fourth-order valence-electron chi connectivity index (χ4n) is 1.49. The molecule has 0 saturated carbocycles. The zero-order chi connectivity index (χ0) is 7.56. The molecule has 3 atom stereocenters. The number of quaternary nitrogens is 2. The van der Waals surface area contributed by atoms with Gasteiger partial charge < -0.3 is 10.1 Å². The normalized spacial score (nSPS) is 37.5. The molecule has 1 rings (SSSR count). The molecule has 3 N–H and O–H groups in total. The minimum Gasteiger partial charge on any atom is -0.600 e. The van der Waals surface area contributed by atoms with Crippen molar-refractivity contribution in [2.24, 2.45) is 0 Å². The highest BCUT2D eigenvalue weighted by molar-refractivity contribution is 4.56. The quantitative estimate of drug-likeness (QED) is 0.357. The summed E-state index contributed by atoms with van der Waals surface area (Å²) in [6.07, 6.45) is 1.93. The minimum atomic E-state index is -0.626. The van der Waals surface area contributed by atoms with Crippen molar-refractivity contribution in [3.63, 3.8) is 0 Å². The molecule has 0 amide bonds. The Bertz CT molecular complexity index is 108. The van der Waals surface area contributed by atoms with Crippen molar-refractivity contribution in [1.29, 1.82) is 0 Å². The Hall–Kier alpha value is -0.160. The molecular formula is C6H15N2O2+. The number of piperidine rings is 1. The predicted molar refractivity (Wildman–Crippen MR) is 35.8 cm³/mol. The van der Waals surface area contributed by atoms with Crippen LogP contribution in [0.5, 0.6) is 0 Å². The Labute approximate surface area is 60.6 Å². The number of likely N-dealkylation sites (N-methyl/N-ethyl adjacent to an activating group) is 1. The second-order valence-corrected chi connectivity index (χ2v) is 3.09. The second kappa shape index (κ2) is 3.30. The third kappa shape index (κ3) is 1.91. The lowest BCUT2D eigenvalue weighted by atomic mass is 10.1. The fourth-order valence-corrected chi connectivity index (χ4v) is 1.49. The van der Waals surface area contributed by atoms with Crippen molar-refractivity contribution >= 4 is 0 Å². The van der Waals surface area contributed by atoms with Crippen LogP contribution < -0.4 is 10.1 Å². The largest absolute Gasteiger partial charge is 0.600 e. The molecule has 0 aromatic carbocycles. The monoisotopic (exact) mass is 147 g/mol. The number of hydroxylamine groups is 2. The highest BCUT2D eigenvalue weighted by atomic mass is 16.8. The fraction of sp³-hybridized carbons (Fsp3) is 1.00. The summed E-state index contributed by atoms with van der Waals surface area (Å²) in [5, 5.41) is 18.5. The SMILES string of the molecule is C[NH+]1CCCC([NH+]([O-])O)C1. The number of nitrogens with one attached hydrogen (secondary N) is 2. The Kier molecular flexibility index (Phi) is 2.62. The van der Waals surface area contributed by atoms with Crippen LogP contribution in [0.25, 0.3) is 0 Å². The molecule has 0 bridgehead atoms. The van der Waals surface area contributed by atoms with Crippen molar-refractivity contribution in [2.45, 2.75) is 18.9 Å². The topological polar surface area (TPSA) is 52.2 Å². The summed E-state index contributed by atoms with van der Waals surface area (Å²) >= 11 is 0. The van der Waals surface area contributed by atoms with E-state index in [0.717, 1.165) is 25.9 Å². The van der Waals surface area contributed by atoms with Gasteiger partial charge in [-0.15, -0.1) is 0 Å². The summed E-state index contributed by atoms with van der Waals surface area (Å²) in [6, 6.07) is -0.0891. The number of hydrogen-bond acceptors (Lipinski definition) is 2. The average Bonchev–Trinajstić information content (AvgIpc) is 1.88. The van der Waals surface area contributed by atoms with Gasteiger partial charge in [-0.3, -0.25) is 0 Å². The summed E-state index contributed by atoms with van der Waals surface area (Å²) < 4.78 is 0. The highest BCUT2D eigenvalue weighted by Crippen LogP contribution is 1.92. The van der Waals surface area contributed by atoms with Crippen LogP contribution in [0.2, 0.25) is 0 Å². The van der Waals surface area contributed by atoms with E-state index in [-0.39, 0.29) is 6.04 Å². The first kappa shape index (κ1) is 7.94. The van der Waals surface area contributed by atoms with Crippen LogP contribution in [0.1, 0.15) is 12.8 Å². The van der Waals surface area contributed by atoms with Gasteiger partial charge in [0.25, 0.3) is 0 Å². The van der Waals surface area contributed by atoms with Crippen LogP contribution in [-0.4, -0.2) is 31.4 Å². The molecule has 1 aliphatic heterocycles. The number of likely N-dealkylation sites (tertiary alicyclic amines) is 1. The van der Waals surface area contributed by atoms with Gasteiger partial charge in [-0.2, -0.15) is 0 Å². The Balaban J connectivity index is 2.32. The second-order valence-electron chi connectivity index (χ2n) is 3.09. The molecule has 1 heterocycles. The van der Waals surface area contributed by atoms with E-state index in [4.69, 9.17) is 5.21 Å². The molecule has 60 valence electrons. The lowest BCUT2D eigenvalue weighted by Gasteiger charge is -2.30. The van der Waals surface area contributed by atoms with Crippen molar-refractivity contribution < 1.29 is 15.3 Å². The first-order valence-corrected chi connectivity index (χ1v) is 3.74. The summed E-state index contributed by atoms with van der Waals surface area (Å²) in [5.74, 6) is 0. The molecule has 4 heteroatoms. The van der Waals surface area contributed by atoms with Crippen molar-refractivity contribution in [3.8, 4) is 0 Å². The van der Waals surface area contributed by atoms with E-state index in [1.54, 1.807) is 0 Å². The van der Waals surface area contributed by atoms with E-state index >= 15 is 0 Å². The van der Waals surface area contributed by atoms with E-state index in [9.17, 15) is 5.21 Å². The van der Waals surface area contributed by atoms with Gasteiger partial charge in [0.2, 0.25) is 0 Å². The summed E-state index contributed by atoms with van der Waals surface area (Å²) in [6.45, 7) is 1.93. The summed E-state index contributed by atoms with van der Waals surface area (Å²) in [4.78, 5) is 1.35. The number of rotatable bonds is 1. The van der Waals surface area contributed by atoms with Gasteiger partial charge in [0.15, 0.2) is 6.04 Å².